The first kappa shape index (κ1) is 19.7. The Morgan fingerprint density at radius 3 is 2.77 bits per heavy atom. The minimum absolute atomic E-state index is 0. The fourth-order valence-electron chi connectivity index (χ4n) is 3.05. The van der Waals surface area contributed by atoms with Gasteiger partial charge in [-0.3, -0.25) is 4.79 Å². The molecule has 4 nitrogen and oxygen atoms in total. The number of aromatic nitrogens is 1. The van der Waals surface area contributed by atoms with Crippen LogP contribution in [0.5, 0.6) is 0 Å². The van der Waals surface area contributed by atoms with E-state index in [-0.39, 0.29) is 42.2 Å². The molecule has 3 N–H and O–H groups in total. The molecule has 0 bridgehead atoms. The predicted molar refractivity (Wildman–Crippen MR) is 95.0 cm³/mol. The second-order valence-electron chi connectivity index (χ2n) is 6.46. The van der Waals surface area contributed by atoms with Crippen molar-refractivity contribution in [3.05, 3.63) is 16.1 Å². The van der Waals surface area contributed by atoms with Crippen molar-refractivity contribution in [2.75, 3.05) is 0 Å². The highest BCUT2D eigenvalue weighted by Gasteiger charge is 2.37. The van der Waals surface area contributed by atoms with Gasteiger partial charge in [-0.25, -0.2) is 4.98 Å². The van der Waals surface area contributed by atoms with Crippen molar-refractivity contribution in [2.24, 2.45) is 11.7 Å². The minimum atomic E-state index is -0.357. The number of rotatable bonds is 4. The number of halogens is 2. The SMILES string of the molecule is CC1(N)CCCCC1C(=O)NCc1nc(C2CC2)cs1.Cl.Cl. The average Bonchev–Trinajstić information content (AvgIpc) is 3.15. The summed E-state index contributed by atoms with van der Waals surface area (Å²) in [6.45, 7) is 2.55. The fourth-order valence-corrected chi connectivity index (χ4v) is 3.86. The second-order valence-corrected chi connectivity index (χ2v) is 7.41. The van der Waals surface area contributed by atoms with Gasteiger partial charge in [0.25, 0.3) is 0 Å². The molecular formula is C15H25Cl2N3OS. The number of carbonyl (C=O) groups is 1. The van der Waals surface area contributed by atoms with Gasteiger partial charge in [-0.1, -0.05) is 12.8 Å². The number of hydrogen-bond acceptors (Lipinski definition) is 4. The van der Waals surface area contributed by atoms with E-state index in [0.29, 0.717) is 12.5 Å². The van der Waals surface area contributed by atoms with E-state index in [1.807, 2.05) is 6.92 Å². The normalized spacial score (nSPS) is 27.5. The van der Waals surface area contributed by atoms with E-state index < -0.39 is 0 Å². The molecule has 0 saturated heterocycles. The molecule has 0 radical (unpaired) electrons. The van der Waals surface area contributed by atoms with E-state index in [1.54, 1.807) is 11.3 Å². The smallest absolute Gasteiger partial charge is 0.225 e. The molecule has 1 heterocycles. The monoisotopic (exact) mass is 365 g/mol. The highest BCUT2D eigenvalue weighted by Crippen LogP contribution is 2.40. The molecule has 2 unspecified atom stereocenters. The number of carbonyl (C=O) groups excluding carboxylic acids is 1. The summed E-state index contributed by atoms with van der Waals surface area (Å²) in [4.78, 5) is 16.9. The van der Waals surface area contributed by atoms with Gasteiger partial charge >= 0.3 is 0 Å². The first-order chi connectivity index (χ1) is 9.56. The Hall–Kier alpha value is -0.360. The van der Waals surface area contributed by atoms with Gasteiger partial charge in [0.05, 0.1) is 18.2 Å². The Bertz CT molecular complexity index is 503. The molecule has 2 saturated carbocycles. The van der Waals surface area contributed by atoms with Crippen LogP contribution < -0.4 is 11.1 Å². The van der Waals surface area contributed by atoms with Gasteiger partial charge in [0, 0.05) is 16.8 Å². The molecule has 2 fully saturated rings. The van der Waals surface area contributed by atoms with E-state index >= 15 is 0 Å². The summed E-state index contributed by atoms with van der Waals surface area (Å²) in [6, 6.07) is 0. The quantitative estimate of drug-likeness (QED) is 0.858. The van der Waals surface area contributed by atoms with E-state index in [4.69, 9.17) is 5.73 Å². The number of thiazole rings is 1. The fraction of sp³-hybridized carbons (Fsp3) is 0.733. The number of nitrogens with one attached hydrogen (secondary N) is 1. The Kier molecular flexibility index (Phi) is 7.12. The third kappa shape index (κ3) is 4.57. The molecule has 1 aromatic rings. The summed E-state index contributed by atoms with van der Waals surface area (Å²) in [5.41, 5.74) is 7.12. The van der Waals surface area contributed by atoms with Crippen LogP contribution in [0.2, 0.25) is 0 Å². The van der Waals surface area contributed by atoms with Gasteiger partial charge in [-0.05, 0) is 32.6 Å². The van der Waals surface area contributed by atoms with Crippen LogP contribution in [0.4, 0.5) is 0 Å². The lowest BCUT2D eigenvalue weighted by Crippen LogP contribution is -2.52. The second kappa shape index (κ2) is 7.95. The Morgan fingerprint density at radius 2 is 2.14 bits per heavy atom. The maximum absolute atomic E-state index is 12.3. The lowest BCUT2D eigenvalue weighted by Gasteiger charge is -2.37. The lowest BCUT2D eigenvalue weighted by molar-refractivity contribution is -0.128. The maximum Gasteiger partial charge on any atom is 0.225 e. The van der Waals surface area contributed by atoms with Crippen molar-refractivity contribution in [1.29, 1.82) is 0 Å². The standard InChI is InChI=1S/C15H23N3OS.2ClH/c1-15(16)7-3-2-4-11(15)14(19)17-8-13-18-12(9-20-13)10-5-6-10;;/h9-11H,2-8,16H2,1H3,(H,17,19);2*1H. The summed E-state index contributed by atoms with van der Waals surface area (Å²) in [7, 11) is 0. The van der Waals surface area contributed by atoms with Gasteiger partial charge in [0.1, 0.15) is 5.01 Å². The Morgan fingerprint density at radius 1 is 1.41 bits per heavy atom. The highest BCUT2D eigenvalue weighted by atomic mass is 35.5. The Balaban J connectivity index is 0.00000121. The highest BCUT2D eigenvalue weighted by molar-refractivity contribution is 7.09. The molecule has 126 valence electrons. The van der Waals surface area contributed by atoms with Gasteiger partial charge in [0.2, 0.25) is 5.91 Å². The summed E-state index contributed by atoms with van der Waals surface area (Å²) in [6.07, 6.45) is 6.62. The van der Waals surface area contributed by atoms with Crippen molar-refractivity contribution >= 4 is 42.1 Å². The molecule has 0 spiro atoms. The summed E-state index contributed by atoms with van der Waals surface area (Å²) >= 11 is 1.65. The van der Waals surface area contributed by atoms with Crippen molar-refractivity contribution < 1.29 is 4.79 Å². The van der Waals surface area contributed by atoms with E-state index in [0.717, 1.165) is 30.7 Å². The molecule has 3 rings (SSSR count). The number of hydrogen-bond donors (Lipinski definition) is 2. The summed E-state index contributed by atoms with van der Waals surface area (Å²) in [5, 5.41) is 6.17. The van der Waals surface area contributed by atoms with Crippen LogP contribution in [0.15, 0.2) is 5.38 Å². The van der Waals surface area contributed by atoms with Crippen molar-refractivity contribution in [1.82, 2.24) is 10.3 Å². The zero-order chi connectivity index (χ0) is 14.2. The molecule has 2 aliphatic carbocycles. The van der Waals surface area contributed by atoms with Gasteiger partial charge in [-0.15, -0.1) is 36.2 Å². The van der Waals surface area contributed by atoms with Crippen molar-refractivity contribution in [3.8, 4) is 0 Å². The van der Waals surface area contributed by atoms with Crippen molar-refractivity contribution in [2.45, 2.75) is 63.5 Å². The molecule has 7 heteroatoms. The molecule has 2 aliphatic rings. The third-order valence-corrected chi connectivity index (χ3v) is 5.42. The van der Waals surface area contributed by atoms with Crippen LogP contribution >= 0.6 is 36.2 Å². The molecule has 0 aromatic carbocycles. The first-order valence-corrected chi connectivity index (χ1v) is 8.45. The van der Waals surface area contributed by atoms with Crippen LogP contribution in [0.25, 0.3) is 0 Å². The predicted octanol–water partition coefficient (Wildman–Crippen LogP) is 3.39. The van der Waals surface area contributed by atoms with Crippen LogP contribution in [0.3, 0.4) is 0 Å². The maximum atomic E-state index is 12.3. The van der Waals surface area contributed by atoms with Crippen LogP contribution in [-0.4, -0.2) is 16.4 Å². The van der Waals surface area contributed by atoms with E-state index in [2.05, 4.69) is 15.7 Å². The molecule has 0 aliphatic heterocycles. The zero-order valence-corrected chi connectivity index (χ0v) is 15.3. The molecular weight excluding hydrogens is 341 g/mol. The molecule has 22 heavy (non-hydrogen) atoms. The first-order valence-electron chi connectivity index (χ1n) is 7.57. The van der Waals surface area contributed by atoms with Gasteiger partial charge < -0.3 is 11.1 Å². The number of nitrogens with two attached hydrogens (primary N) is 1. The van der Waals surface area contributed by atoms with E-state index in [1.165, 1.54) is 18.5 Å². The third-order valence-electron chi connectivity index (χ3n) is 4.55. The largest absolute Gasteiger partial charge is 0.349 e. The van der Waals surface area contributed by atoms with Crippen LogP contribution in [0, 0.1) is 5.92 Å². The topological polar surface area (TPSA) is 68.0 Å². The summed E-state index contributed by atoms with van der Waals surface area (Å²) < 4.78 is 0. The molecule has 2 atom stereocenters. The lowest BCUT2D eigenvalue weighted by atomic mass is 9.74. The zero-order valence-electron chi connectivity index (χ0n) is 12.8. The summed E-state index contributed by atoms with van der Waals surface area (Å²) in [5.74, 6) is 0.721. The minimum Gasteiger partial charge on any atom is -0.349 e. The average molecular weight is 366 g/mol. The Labute approximate surface area is 148 Å². The molecule has 1 amide bonds. The van der Waals surface area contributed by atoms with E-state index in [9.17, 15) is 4.79 Å². The molecule has 1 aromatic heterocycles. The number of amides is 1. The number of nitrogens with zero attached hydrogens (tertiary/aromatic N) is 1. The van der Waals surface area contributed by atoms with Crippen molar-refractivity contribution in [3.63, 3.8) is 0 Å². The van der Waals surface area contributed by atoms with Gasteiger partial charge in [-0.2, -0.15) is 0 Å². The van der Waals surface area contributed by atoms with Crippen LogP contribution in [0.1, 0.15) is 62.1 Å². The van der Waals surface area contributed by atoms with Gasteiger partial charge in [0.15, 0.2) is 0 Å². The van der Waals surface area contributed by atoms with Crippen LogP contribution in [-0.2, 0) is 11.3 Å².